The molecule has 0 saturated carbocycles. The van der Waals surface area contributed by atoms with Crippen LogP contribution in [-0.2, 0) is 0 Å². The Morgan fingerprint density at radius 2 is 2.36 bits per heavy atom. The molecule has 0 heterocycles. The van der Waals surface area contributed by atoms with E-state index in [2.05, 4.69) is 6.58 Å². The molecule has 72 valence electrons. The number of hydrogen-bond donors (Lipinski definition) is 1. The number of aliphatic hydroxyl groups excluding tert-OH is 1. The predicted molar refractivity (Wildman–Crippen MR) is 50.9 cm³/mol. The van der Waals surface area contributed by atoms with Crippen LogP contribution in [0, 0.1) is 17.1 Å². The Balaban J connectivity index is 2.97. The standard InChI is InChI=1S/C11H10FNO/c1-2-3-11(14)8-4-5-9(7-13)10(12)6-8/h2,4-6,11,14H,1,3H2/t11-/m0/s1. The van der Waals surface area contributed by atoms with Crippen molar-refractivity contribution in [1.82, 2.24) is 0 Å². The van der Waals surface area contributed by atoms with Crippen molar-refractivity contribution in [3.8, 4) is 6.07 Å². The molecule has 1 N–H and O–H groups in total. The predicted octanol–water partition coefficient (Wildman–Crippen LogP) is 2.31. The summed E-state index contributed by atoms with van der Waals surface area (Å²) >= 11 is 0. The largest absolute Gasteiger partial charge is 0.388 e. The third kappa shape index (κ3) is 2.18. The highest BCUT2D eigenvalue weighted by molar-refractivity contribution is 5.34. The monoisotopic (exact) mass is 191 g/mol. The highest BCUT2D eigenvalue weighted by atomic mass is 19.1. The van der Waals surface area contributed by atoms with Crippen molar-refractivity contribution >= 4 is 0 Å². The van der Waals surface area contributed by atoms with Crippen molar-refractivity contribution in [2.24, 2.45) is 0 Å². The van der Waals surface area contributed by atoms with Gasteiger partial charge in [-0.1, -0.05) is 12.1 Å². The van der Waals surface area contributed by atoms with Crippen LogP contribution in [0.15, 0.2) is 30.9 Å². The molecule has 1 aromatic rings. The second-order valence-electron chi connectivity index (χ2n) is 2.89. The summed E-state index contributed by atoms with van der Waals surface area (Å²) in [5, 5.41) is 18.0. The second kappa shape index (κ2) is 4.54. The molecule has 0 spiro atoms. The van der Waals surface area contributed by atoms with Crippen molar-refractivity contribution in [2.45, 2.75) is 12.5 Å². The molecule has 3 heteroatoms. The lowest BCUT2D eigenvalue weighted by molar-refractivity contribution is 0.181. The summed E-state index contributed by atoms with van der Waals surface area (Å²) in [6.07, 6.45) is 1.17. The zero-order chi connectivity index (χ0) is 10.6. The van der Waals surface area contributed by atoms with E-state index in [0.29, 0.717) is 12.0 Å². The van der Waals surface area contributed by atoms with Gasteiger partial charge in [0.25, 0.3) is 0 Å². The maximum Gasteiger partial charge on any atom is 0.141 e. The summed E-state index contributed by atoms with van der Waals surface area (Å²) < 4.78 is 13.1. The van der Waals surface area contributed by atoms with E-state index in [9.17, 15) is 9.50 Å². The van der Waals surface area contributed by atoms with Crippen LogP contribution in [0.3, 0.4) is 0 Å². The van der Waals surface area contributed by atoms with Crippen molar-refractivity contribution < 1.29 is 9.50 Å². The number of benzene rings is 1. The van der Waals surface area contributed by atoms with Crippen LogP contribution in [0.25, 0.3) is 0 Å². The molecule has 0 bridgehead atoms. The van der Waals surface area contributed by atoms with Crippen molar-refractivity contribution in [2.75, 3.05) is 0 Å². The van der Waals surface area contributed by atoms with E-state index in [4.69, 9.17) is 5.26 Å². The topological polar surface area (TPSA) is 44.0 Å². The van der Waals surface area contributed by atoms with Gasteiger partial charge in [0.15, 0.2) is 0 Å². The number of nitriles is 1. The molecule has 1 aromatic carbocycles. The summed E-state index contributed by atoms with van der Waals surface area (Å²) in [4.78, 5) is 0. The molecule has 0 fully saturated rings. The van der Waals surface area contributed by atoms with Gasteiger partial charge in [-0.3, -0.25) is 0 Å². The highest BCUT2D eigenvalue weighted by Gasteiger charge is 2.08. The van der Waals surface area contributed by atoms with Gasteiger partial charge in [0, 0.05) is 0 Å². The molecule has 1 rings (SSSR count). The smallest absolute Gasteiger partial charge is 0.141 e. The van der Waals surface area contributed by atoms with Crippen molar-refractivity contribution in [3.63, 3.8) is 0 Å². The van der Waals surface area contributed by atoms with E-state index in [1.54, 1.807) is 12.1 Å². The maximum atomic E-state index is 13.1. The van der Waals surface area contributed by atoms with E-state index in [1.807, 2.05) is 0 Å². The van der Waals surface area contributed by atoms with Crippen LogP contribution in [0.2, 0.25) is 0 Å². The van der Waals surface area contributed by atoms with Gasteiger partial charge in [-0.15, -0.1) is 6.58 Å². The van der Waals surface area contributed by atoms with E-state index in [-0.39, 0.29) is 5.56 Å². The minimum Gasteiger partial charge on any atom is -0.388 e. The molecule has 0 aliphatic heterocycles. The number of hydrogen-bond acceptors (Lipinski definition) is 2. The van der Waals surface area contributed by atoms with Gasteiger partial charge >= 0.3 is 0 Å². The molecule has 0 aromatic heterocycles. The number of aliphatic hydroxyl groups is 1. The molecular formula is C11H10FNO. The van der Waals surface area contributed by atoms with Gasteiger partial charge in [0.05, 0.1) is 11.7 Å². The SMILES string of the molecule is C=CC[C@H](O)c1ccc(C#N)c(F)c1. The molecule has 14 heavy (non-hydrogen) atoms. The highest BCUT2D eigenvalue weighted by Crippen LogP contribution is 2.19. The molecule has 0 saturated heterocycles. The third-order valence-corrected chi connectivity index (χ3v) is 1.89. The second-order valence-corrected chi connectivity index (χ2v) is 2.89. The Labute approximate surface area is 81.9 Å². The van der Waals surface area contributed by atoms with E-state index < -0.39 is 11.9 Å². The van der Waals surface area contributed by atoms with Crippen molar-refractivity contribution in [1.29, 1.82) is 5.26 Å². The quantitative estimate of drug-likeness (QED) is 0.745. The van der Waals surface area contributed by atoms with Crippen LogP contribution in [0.4, 0.5) is 4.39 Å². The molecule has 0 unspecified atom stereocenters. The number of halogens is 1. The lowest BCUT2D eigenvalue weighted by atomic mass is 10.0. The lowest BCUT2D eigenvalue weighted by Gasteiger charge is -2.08. The Morgan fingerprint density at radius 3 is 2.86 bits per heavy atom. The molecular weight excluding hydrogens is 181 g/mol. The summed E-state index contributed by atoms with van der Waals surface area (Å²) in [5.74, 6) is -0.604. The summed E-state index contributed by atoms with van der Waals surface area (Å²) in [5.41, 5.74) is 0.445. The molecule has 0 aliphatic rings. The van der Waals surface area contributed by atoms with Gasteiger partial charge in [-0.25, -0.2) is 4.39 Å². The molecule has 0 amide bonds. The van der Waals surface area contributed by atoms with Crippen LogP contribution in [-0.4, -0.2) is 5.11 Å². The average Bonchev–Trinajstić information content (AvgIpc) is 2.18. The molecule has 0 radical (unpaired) electrons. The fourth-order valence-electron chi connectivity index (χ4n) is 1.12. The van der Waals surface area contributed by atoms with Crippen LogP contribution < -0.4 is 0 Å². The van der Waals surface area contributed by atoms with Crippen LogP contribution in [0.1, 0.15) is 23.7 Å². The number of nitrogens with zero attached hydrogens (tertiary/aromatic N) is 1. The first-order valence-corrected chi connectivity index (χ1v) is 4.17. The van der Waals surface area contributed by atoms with Crippen LogP contribution >= 0.6 is 0 Å². The minimum absolute atomic E-state index is 0.0143. The Bertz CT molecular complexity index is 381. The van der Waals surface area contributed by atoms with Crippen molar-refractivity contribution in [3.05, 3.63) is 47.8 Å². The van der Waals surface area contributed by atoms with Crippen LogP contribution in [0.5, 0.6) is 0 Å². The first-order valence-electron chi connectivity index (χ1n) is 4.17. The minimum atomic E-state index is -0.755. The number of rotatable bonds is 3. The fraction of sp³-hybridized carbons (Fsp3) is 0.182. The van der Waals surface area contributed by atoms with E-state index in [1.165, 1.54) is 18.2 Å². The van der Waals surface area contributed by atoms with E-state index >= 15 is 0 Å². The average molecular weight is 191 g/mol. The molecule has 1 atom stereocenters. The van der Waals surface area contributed by atoms with Gasteiger partial charge in [0.1, 0.15) is 11.9 Å². The van der Waals surface area contributed by atoms with Gasteiger partial charge in [0.2, 0.25) is 0 Å². The molecule has 2 nitrogen and oxygen atoms in total. The third-order valence-electron chi connectivity index (χ3n) is 1.89. The normalized spacial score (nSPS) is 11.8. The Morgan fingerprint density at radius 1 is 1.64 bits per heavy atom. The zero-order valence-electron chi connectivity index (χ0n) is 7.57. The summed E-state index contributed by atoms with van der Waals surface area (Å²) in [7, 11) is 0. The lowest BCUT2D eigenvalue weighted by Crippen LogP contribution is -1.97. The summed E-state index contributed by atoms with van der Waals surface area (Å²) in [6.45, 7) is 3.48. The Kier molecular flexibility index (Phi) is 3.38. The van der Waals surface area contributed by atoms with E-state index in [0.717, 1.165) is 0 Å². The fourth-order valence-corrected chi connectivity index (χ4v) is 1.12. The first-order chi connectivity index (χ1) is 6.69. The Hall–Kier alpha value is -1.66. The first kappa shape index (κ1) is 10.4. The van der Waals surface area contributed by atoms with Gasteiger partial charge < -0.3 is 5.11 Å². The maximum absolute atomic E-state index is 13.1. The van der Waals surface area contributed by atoms with Gasteiger partial charge in [-0.2, -0.15) is 5.26 Å². The zero-order valence-corrected chi connectivity index (χ0v) is 7.57. The summed E-state index contributed by atoms with van der Waals surface area (Å²) in [6, 6.07) is 5.79. The van der Waals surface area contributed by atoms with Gasteiger partial charge in [-0.05, 0) is 24.1 Å². The molecule has 0 aliphatic carbocycles.